The first-order valence-electron chi connectivity index (χ1n) is 6.00. The van der Waals surface area contributed by atoms with Gasteiger partial charge in [0.15, 0.2) is 0 Å². The molecular weight excluding hydrogens is 252 g/mol. The average Bonchev–Trinajstić information content (AvgIpc) is 2.30. The number of hydrogen-bond acceptors (Lipinski definition) is 3. The lowest BCUT2D eigenvalue weighted by Crippen LogP contribution is -2.19. The third-order valence-corrected chi connectivity index (χ3v) is 2.64. The lowest BCUT2D eigenvalue weighted by molar-refractivity contribution is -0.116. The fourth-order valence-electron chi connectivity index (χ4n) is 1.43. The molecule has 0 fully saturated rings. The van der Waals surface area contributed by atoms with Crippen LogP contribution in [0.1, 0.15) is 26.7 Å². The molecule has 1 aromatic carbocycles. The summed E-state index contributed by atoms with van der Waals surface area (Å²) in [5.74, 6) is 0.556. The SMILES string of the molecule is CCOc1ccc(NC(=O)CCC(C)N)cc1Cl. The van der Waals surface area contributed by atoms with Crippen LogP contribution >= 0.6 is 11.6 Å². The highest BCUT2D eigenvalue weighted by Gasteiger charge is 2.07. The first-order chi connectivity index (χ1) is 8.52. The predicted octanol–water partition coefficient (Wildman–Crippen LogP) is 2.80. The Morgan fingerprint density at radius 2 is 2.28 bits per heavy atom. The van der Waals surface area contributed by atoms with Gasteiger partial charge < -0.3 is 15.8 Å². The lowest BCUT2D eigenvalue weighted by Gasteiger charge is -2.09. The monoisotopic (exact) mass is 270 g/mol. The molecule has 0 saturated carbocycles. The Hall–Kier alpha value is -1.26. The molecule has 0 saturated heterocycles. The van der Waals surface area contributed by atoms with E-state index in [0.717, 1.165) is 0 Å². The normalized spacial score (nSPS) is 12.0. The molecule has 1 unspecified atom stereocenters. The second-order valence-corrected chi connectivity index (χ2v) is 4.55. The second kappa shape index (κ2) is 7.24. The van der Waals surface area contributed by atoms with Gasteiger partial charge in [-0.3, -0.25) is 4.79 Å². The summed E-state index contributed by atoms with van der Waals surface area (Å²) >= 11 is 6.02. The van der Waals surface area contributed by atoms with Gasteiger partial charge in [0, 0.05) is 18.2 Å². The van der Waals surface area contributed by atoms with Crippen LogP contribution in [0.5, 0.6) is 5.75 Å². The van der Waals surface area contributed by atoms with Crippen molar-refractivity contribution in [3.8, 4) is 5.75 Å². The predicted molar refractivity (Wildman–Crippen MR) is 74.1 cm³/mol. The third-order valence-electron chi connectivity index (χ3n) is 2.34. The molecule has 0 radical (unpaired) electrons. The summed E-state index contributed by atoms with van der Waals surface area (Å²) in [5, 5.41) is 3.26. The van der Waals surface area contributed by atoms with Crippen LogP contribution in [0.25, 0.3) is 0 Å². The van der Waals surface area contributed by atoms with E-state index < -0.39 is 0 Å². The van der Waals surface area contributed by atoms with Crippen LogP contribution in [0.15, 0.2) is 18.2 Å². The number of anilines is 1. The highest BCUT2D eigenvalue weighted by Crippen LogP contribution is 2.27. The van der Waals surface area contributed by atoms with Crippen molar-refractivity contribution in [3.63, 3.8) is 0 Å². The average molecular weight is 271 g/mol. The minimum atomic E-state index is -0.0625. The number of nitrogens with one attached hydrogen (secondary N) is 1. The van der Waals surface area contributed by atoms with Crippen LogP contribution in [-0.4, -0.2) is 18.6 Å². The van der Waals surface area contributed by atoms with Gasteiger partial charge in [-0.2, -0.15) is 0 Å². The van der Waals surface area contributed by atoms with Crippen molar-refractivity contribution in [3.05, 3.63) is 23.2 Å². The second-order valence-electron chi connectivity index (χ2n) is 4.14. The van der Waals surface area contributed by atoms with Gasteiger partial charge in [-0.05, 0) is 38.5 Å². The van der Waals surface area contributed by atoms with Crippen molar-refractivity contribution >= 4 is 23.2 Å². The minimum Gasteiger partial charge on any atom is -0.492 e. The van der Waals surface area contributed by atoms with Gasteiger partial charge in [-0.15, -0.1) is 0 Å². The van der Waals surface area contributed by atoms with Gasteiger partial charge in [0.2, 0.25) is 5.91 Å². The van der Waals surface area contributed by atoms with Crippen LogP contribution in [0.2, 0.25) is 5.02 Å². The van der Waals surface area contributed by atoms with E-state index in [9.17, 15) is 4.79 Å². The fraction of sp³-hybridized carbons (Fsp3) is 0.462. The molecule has 0 aliphatic heterocycles. The molecule has 1 amide bonds. The summed E-state index contributed by atoms with van der Waals surface area (Å²) in [6, 6.07) is 5.21. The van der Waals surface area contributed by atoms with Crippen LogP contribution in [-0.2, 0) is 4.79 Å². The number of carbonyl (C=O) groups is 1. The highest BCUT2D eigenvalue weighted by molar-refractivity contribution is 6.32. The van der Waals surface area contributed by atoms with E-state index in [-0.39, 0.29) is 11.9 Å². The van der Waals surface area contributed by atoms with Gasteiger partial charge in [0.05, 0.1) is 11.6 Å². The molecule has 18 heavy (non-hydrogen) atoms. The number of ether oxygens (including phenoxy) is 1. The van der Waals surface area contributed by atoms with E-state index in [4.69, 9.17) is 22.1 Å². The lowest BCUT2D eigenvalue weighted by atomic mass is 10.2. The van der Waals surface area contributed by atoms with Gasteiger partial charge in [0.1, 0.15) is 5.75 Å². The molecule has 5 heteroatoms. The number of rotatable bonds is 6. The van der Waals surface area contributed by atoms with Crippen molar-refractivity contribution in [1.82, 2.24) is 0 Å². The molecule has 1 rings (SSSR count). The molecule has 0 heterocycles. The Labute approximate surface area is 112 Å². The van der Waals surface area contributed by atoms with E-state index in [2.05, 4.69) is 5.32 Å². The summed E-state index contributed by atoms with van der Waals surface area (Å²) in [6.45, 7) is 4.32. The van der Waals surface area contributed by atoms with Gasteiger partial charge >= 0.3 is 0 Å². The molecule has 0 spiro atoms. The maximum atomic E-state index is 11.6. The van der Waals surface area contributed by atoms with Crippen molar-refractivity contribution in [2.75, 3.05) is 11.9 Å². The van der Waals surface area contributed by atoms with Crippen molar-refractivity contribution in [1.29, 1.82) is 0 Å². The van der Waals surface area contributed by atoms with E-state index in [0.29, 0.717) is 35.9 Å². The van der Waals surface area contributed by atoms with Gasteiger partial charge in [0.25, 0.3) is 0 Å². The number of nitrogens with two attached hydrogens (primary N) is 1. The molecule has 0 aromatic heterocycles. The van der Waals surface area contributed by atoms with Crippen LogP contribution < -0.4 is 15.8 Å². The Morgan fingerprint density at radius 1 is 1.56 bits per heavy atom. The summed E-state index contributed by atoms with van der Waals surface area (Å²) < 4.78 is 5.31. The number of benzene rings is 1. The largest absolute Gasteiger partial charge is 0.492 e. The molecule has 0 aliphatic carbocycles. The molecule has 0 bridgehead atoms. The van der Waals surface area contributed by atoms with Crippen LogP contribution in [0, 0.1) is 0 Å². The quantitative estimate of drug-likeness (QED) is 0.835. The van der Waals surface area contributed by atoms with E-state index in [1.165, 1.54) is 0 Å². The first-order valence-corrected chi connectivity index (χ1v) is 6.38. The van der Waals surface area contributed by atoms with E-state index in [1.54, 1.807) is 18.2 Å². The molecular formula is C13H19ClN2O2. The molecule has 0 aliphatic rings. The smallest absolute Gasteiger partial charge is 0.224 e. The van der Waals surface area contributed by atoms with Crippen molar-refractivity contribution in [2.24, 2.45) is 5.73 Å². The summed E-state index contributed by atoms with van der Waals surface area (Å²) in [5.41, 5.74) is 6.26. The van der Waals surface area contributed by atoms with E-state index in [1.807, 2.05) is 13.8 Å². The molecule has 1 aromatic rings. The van der Waals surface area contributed by atoms with E-state index >= 15 is 0 Å². The molecule has 3 N–H and O–H groups in total. The Morgan fingerprint density at radius 3 is 2.83 bits per heavy atom. The highest BCUT2D eigenvalue weighted by atomic mass is 35.5. The zero-order valence-electron chi connectivity index (χ0n) is 10.7. The molecule has 4 nitrogen and oxygen atoms in total. The number of hydrogen-bond donors (Lipinski definition) is 2. The maximum Gasteiger partial charge on any atom is 0.224 e. The fourth-order valence-corrected chi connectivity index (χ4v) is 1.67. The summed E-state index contributed by atoms with van der Waals surface area (Å²) in [4.78, 5) is 11.6. The topological polar surface area (TPSA) is 64.3 Å². The Bertz CT molecular complexity index is 408. The molecule has 1 atom stereocenters. The summed E-state index contributed by atoms with van der Waals surface area (Å²) in [6.07, 6.45) is 1.07. The zero-order chi connectivity index (χ0) is 13.5. The Kier molecular flexibility index (Phi) is 5.95. The van der Waals surface area contributed by atoms with Crippen LogP contribution in [0.4, 0.5) is 5.69 Å². The van der Waals surface area contributed by atoms with Crippen molar-refractivity contribution < 1.29 is 9.53 Å². The number of halogens is 1. The third kappa shape index (κ3) is 4.94. The van der Waals surface area contributed by atoms with Gasteiger partial charge in [-0.1, -0.05) is 11.6 Å². The van der Waals surface area contributed by atoms with Gasteiger partial charge in [-0.25, -0.2) is 0 Å². The standard InChI is InChI=1S/C13H19ClN2O2/c1-3-18-12-6-5-10(8-11(12)14)16-13(17)7-4-9(2)15/h5-6,8-9H,3-4,7,15H2,1-2H3,(H,16,17). The Balaban J connectivity index is 2.57. The van der Waals surface area contributed by atoms with Crippen LogP contribution in [0.3, 0.4) is 0 Å². The summed E-state index contributed by atoms with van der Waals surface area (Å²) in [7, 11) is 0. The number of amides is 1. The first kappa shape index (κ1) is 14.8. The van der Waals surface area contributed by atoms with Crippen molar-refractivity contribution in [2.45, 2.75) is 32.7 Å². The number of carbonyl (C=O) groups excluding carboxylic acids is 1. The molecule has 100 valence electrons. The maximum absolute atomic E-state index is 11.6. The minimum absolute atomic E-state index is 0.0275. The zero-order valence-corrected chi connectivity index (χ0v) is 11.5.